The summed E-state index contributed by atoms with van der Waals surface area (Å²) in [5.74, 6) is -2.34. The van der Waals surface area contributed by atoms with E-state index in [2.05, 4.69) is 0 Å². The number of hydrogen-bond donors (Lipinski definition) is 3. The van der Waals surface area contributed by atoms with Gasteiger partial charge in [0.25, 0.3) is 0 Å². The fourth-order valence-corrected chi connectivity index (χ4v) is 2.43. The second-order valence-electron chi connectivity index (χ2n) is 5.33. The molecule has 5 N–H and O–H groups in total. The Morgan fingerprint density at radius 3 is 2.20 bits per heavy atom. The molecule has 2 atom stereocenters. The molecule has 0 aromatic heterocycles. The topological polar surface area (TPSA) is 133 Å². The predicted molar refractivity (Wildman–Crippen MR) is 70.8 cm³/mol. The number of carbonyl (C=O) groups is 3. The van der Waals surface area contributed by atoms with Gasteiger partial charge in [0.2, 0.25) is 0 Å². The third-order valence-electron chi connectivity index (χ3n) is 3.51. The molecule has 114 valence electrons. The van der Waals surface area contributed by atoms with Crippen LogP contribution in [0.4, 0.5) is 0 Å². The van der Waals surface area contributed by atoms with Crippen LogP contribution in [0.1, 0.15) is 45.4 Å². The summed E-state index contributed by atoms with van der Waals surface area (Å²) in [5.41, 5.74) is 9.78. The molecule has 0 radical (unpaired) electrons. The van der Waals surface area contributed by atoms with Crippen molar-refractivity contribution in [3.05, 3.63) is 0 Å². The first-order valence-electron chi connectivity index (χ1n) is 6.78. The average Bonchev–Trinajstić information content (AvgIpc) is 2.37. The summed E-state index contributed by atoms with van der Waals surface area (Å²) < 4.78 is 5.32. The number of rotatable bonds is 6. The first-order valence-corrected chi connectivity index (χ1v) is 6.78. The van der Waals surface area contributed by atoms with Gasteiger partial charge in [0.05, 0.1) is 12.5 Å². The number of carbonyl (C=O) groups excluding carboxylic acids is 2. The Morgan fingerprint density at radius 2 is 1.75 bits per heavy atom. The van der Waals surface area contributed by atoms with E-state index in [-0.39, 0.29) is 0 Å². The lowest BCUT2D eigenvalue weighted by molar-refractivity contribution is -0.173. The fraction of sp³-hybridized carbons (Fsp3) is 0.769. The molecule has 0 saturated heterocycles. The van der Waals surface area contributed by atoms with Crippen molar-refractivity contribution in [2.45, 2.75) is 63.1 Å². The minimum absolute atomic E-state index is 0.373. The van der Waals surface area contributed by atoms with E-state index in [0.717, 1.165) is 19.3 Å². The van der Waals surface area contributed by atoms with E-state index in [9.17, 15) is 14.4 Å². The van der Waals surface area contributed by atoms with Crippen LogP contribution in [-0.2, 0) is 19.1 Å². The van der Waals surface area contributed by atoms with Crippen LogP contribution in [0.15, 0.2) is 0 Å². The van der Waals surface area contributed by atoms with Gasteiger partial charge in [-0.2, -0.15) is 0 Å². The lowest BCUT2D eigenvalue weighted by Gasteiger charge is -2.37. The molecule has 0 bridgehead atoms. The SMILES string of the molecule is C[C@H](N)C(=O)OC1(C(=O)[C@@H](N)CC(=O)O)CCCCC1. The maximum Gasteiger partial charge on any atom is 0.323 e. The minimum atomic E-state index is -1.31. The highest BCUT2D eigenvalue weighted by atomic mass is 16.6. The van der Waals surface area contributed by atoms with Crippen molar-refractivity contribution in [3.8, 4) is 0 Å². The third kappa shape index (κ3) is 4.01. The first-order chi connectivity index (χ1) is 9.28. The Labute approximate surface area is 117 Å². The molecule has 0 amide bonds. The Kier molecular flexibility index (Phi) is 5.64. The van der Waals surface area contributed by atoms with Gasteiger partial charge in [0, 0.05) is 0 Å². The van der Waals surface area contributed by atoms with E-state index in [4.69, 9.17) is 21.3 Å². The van der Waals surface area contributed by atoms with Crippen molar-refractivity contribution in [3.63, 3.8) is 0 Å². The van der Waals surface area contributed by atoms with Crippen molar-refractivity contribution in [1.29, 1.82) is 0 Å². The largest absolute Gasteiger partial charge is 0.481 e. The summed E-state index contributed by atoms with van der Waals surface area (Å²) in [7, 11) is 0. The van der Waals surface area contributed by atoms with Crippen LogP contribution in [0.3, 0.4) is 0 Å². The molecule has 7 heteroatoms. The quantitative estimate of drug-likeness (QED) is 0.583. The molecule has 0 unspecified atom stereocenters. The number of nitrogens with two attached hydrogens (primary N) is 2. The predicted octanol–water partition coefficient (Wildman–Crippen LogP) is -0.0492. The van der Waals surface area contributed by atoms with Gasteiger partial charge in [-0.3, -0.25) is 14.4 Å². The van der Waals surface area contributed by atoms with Crippen LogP contribution < -0.4 is 11.5 Å². The molecule has 1 fully saturated rings. The van der Waals surface area contributed by atoms with Gasteiger partial charge in [-0.05, 0) is 32.6 Å². The number of carboxylic acids is 1. The van der Waals surface area contributed by atoms with Crippen LogP contribution in [0.5, 0.6) is 0 Å². The molecule has 0 heterocycles. The zero-order chi connectivity index (χ0) is 15.3. The van der Waals surface area contributed by atoms with Crippen LogP contribution in [0.25, 0.3) is 0 Å². The highest BCUT2D eigenvalue weighted by molar-refractivity contribution is 5.96. The van der Waals surface area contributed by atoms with E-state index in [1.165, 1.54) is 6.92 Å². The number of aliphatic carboxylic acids is 1. The Bertz CT molecular complexity index is 388. The highest BCUT2D eigenvalue weighted by Gasteiger charge is 2.45. The van der Waals surface area contributed by atoms with Crippen molar-refractivity contribution >= 4 is 17.7 Å². The molecule has 1 aliphatic carbocycles. The van der Waals surface area contributed by atoms with E-state index < -0.39 is 41.8 Å². The van der Waals surface area contributed by atoms with E-state index in [0.29, 0.717) is 12.8 Å². The number of Topliss-reactive ketones (excluding diaryl/α,β-unsaturated/α-hetero) is 1. The monoisotopic (exact) mass is 286 g/mol. The lowest BCUT2D eigenvalue weighted by atomic mass is 9.78. The van der Waals surface area contributed by atoms with Gasteiger partial charge >= 0.3 is 11.9 Å². The zero-order valence-electron chi connectivity index (χ0n) is 11.6. The number of carboxylic acid groups (broad SMARTS) is 1. The molecule has 0 aromatic carbocycles. The first kappa shape index (κ1) is 16.6. The van der Waals surface area contributed by atoms with Gasteiger partial charge in [-0.1, -0.05) is 6.42 Å². The molecule has 0 aromatic rings. The third-order valence-corrected chi connectivity index (χ3v) is 3.51. The Hall–Kier alpha value is -1.47. The maximum absolute atomic E-state index is 12.4. The summed E-state index contributed by atoms with van der Waals surface area (Å²) in [6.07, 6.45) is 2.68. The van der Waals surface area contributed by atoms with Crippen LogP contribution in [-0.4, -0.2) is 40.5 Å². The molecule has 1 aliphatic rings. The van der Waals surface area contributed by atoms with E-state index in [1.54, 1.807) is 0 Å². The molecular weight excluding hydrogens is 264 g/mol. The molecule has 20 heavy (non-hydrogen) atoms. The standard InChI is InChI=1S/C13H22N2O5/c1-8(14)12(19)20-13(5-3-2-4-6-13)11(18)9(15)7-10(16)17/h8-9H,2-7,14-15H2,1H3,(H,16,17)/t8-,9-/m0/s1. The van der Waals surface area contributed by atoms with Crippen molar-refractivity contribution < 1.29 is 24.2 Å². The summed E-state index contributed by atoms with van der Waals surface area (Å²) in [6, 6.07) is -2.01. The Balaban J connectivity index is 2.89. The fourth-order valence-electron chi connectivity index (χ4n) is 2.43. The number of ether oxygens (including phenoxy) is 1. The zero-order valence-corrected chi connectivity index (χ0v) is 11.6. The smallest absolute Gasteiger partial charge is 0.323 e. The van der Waals surface area contributed by atoms with Gasteiger partial charge in [-0.25, -0.2) is 0 Å². The van der Waals surface area contributed by atoms with Crippen LogP contribution >= 0.6 is 0 Å². The summed E-state index contributed by atoms with van der Waals surface area (Å²) in [6.45, 7) is 1.47. The van der Waals surface area contributed by atoms with Gasteiger partial charge in [0.1, 0.15) is 6.04 Å². The van der Waals surface area contributed by atoms with E-state index in [1.807, 2.05) is 0 Å². The Morgan fingerprint density at radius 1 is 1.20 bits per heavy atom. The number of esters is 1. The van der Waals surface area contributed by atoms with Crippen molar-refractivity contribution in [2.75, 3.05) is 0 Å². The molecule has 0 spiro atoms. The summed E-state index contributed by atoms with van der Waals surface area (Å²) in [5, 5.41) is 8.73. The minimum Gasteiger partial charge on any atom is -0.481 e. The van der Waals surface area contributed by atoms with Crippen LogP contribution in [0, 0.1) is 0 Å². The summed E-state index contributed by atoms with van der Waals surface area (Å²) >= 11 is 0. The molecule has 7 nitrogen and oxygen atoms in total. The average molecular weight is 286 g/mol. The number of ketones is 1. The van der Waals surface area contributed by atoms with Gasteiger partial charge in [-0.15, -0.1) is 0 Å². The van der Waals surface area contributed by atoms with Crippen LogP contribution in [0.2, 0.25) is 0 Å². The maximum atomic E-state index is 12.4. The van der Waals surface area contributed by atoms with Gasteiger partial charge in [0.15, 0.2) is 11.4 Å². The van der Waals surface area contributed by atoms with E-state index >= 15 is 0 Å². The van der Waals surface area contributed by atoms with Crippen molar-refractivity contribution in [2.24, 2.45) is 11.5 Å². The second kappa shape index (κ2) is 6.81. The molecule has 1 rings (SSSR count). The van der Waals surface area contributed by atoms with Gasteiger partial charge < -0.3 is 21.3 Å². The molecule has 0 aliphatic heterocycles. The molecule has 1 saturated carbocycles. The second-order valence-corrected chi connectivity index (χ2v) is 5.33. The molecular formula is C13H22N2O5. The number of hydrogen-bond acceptors (Lipinski definition) is 6. The normalized spacial score (nSPS) is 20.8. The highest BCUT2D eigenvalue weighted by Crippen LogP contribution is 2.34. The van der Waals surface area contributed by atoms with Crippen molar-refractivity contribution in [1.82, 2.24) is 0 Å². The lowest BCUT2D eigenvalue weighted by Crippen LogP contribution is -2.54. The summed E-state index contributed by atoms with van der Waals surface area (Å²) in [4.78, 5) is 34.8.